The maximum Gasteiger partial charge on any atom is 0.240 e. The maximum absolute atomic E-state index is 9.76. The van der Waals surface area contributed by atoms with E-state index < -0.39 is 0 Å². The summed E-state index contributed by atoms with van der Waals surface area (Å²) in [5.41, 5.74) is 2.52. The first-order valence-corrected chi connectivity index (χ1v) is 8.14. The summed E-state index contributed by atoms with van der Waals surface area (Å²) in [6, 6.07) is 2.10. The van der Waals surface area contributed by atoms with Gasteiger partial charge in [-0.25, -0.2) is 10.8 Å². The third-order valence-corrected chi connectivity index (χ3v) is 4.90. The molecule has 1 fully saturated rings. The van der Waals surface area contributed by atoms with Gasteiger partial charge in [0, 0.05) is 11.4 Å². The third-order valence-electron chi connectivity index (χ3n) is 3.96. The molecular formula is C14H21N5OS. The van der Waals surface area contributed by atoms with E-state index in [4.69, 9.17) is 5.84 Å². The number of aryl methyl sites for hydroxylation is 1. The van der Waals surface area contributed by atoms with E-state index in [1.807, 2.05) is 0 Å². The Morgan fingerprint density at radius 1 is 1.43 bits per heavy atom. The summed E-state index contributed by atoms with van der Waals surface area (Å²) >= 11 is 1.63. The van der Waals surface area contributed by atoms with E-state index in [0.29, 0.717) is 11.9 Å². The van der Waals surface area contributed by atoms with Crippen molar-refractivity contribution in [2.24, 2.45) is 11.8 Å². The minimum atomic E-state index is -0.152. The predicted octanol–water partition coefficient (Wildman–Crippen LogP) is 2.25. The molecule has 114 valence electrons. The van der Waals surface area contributed by atoms with Crippen molar-refractivity contribution in [3.05, 3.63) is 10.9 Å². The fourth-order valence-corrected chi connectivity index (χ4v) is 3.81. The molecule has 0 amide bonds. The molecule has 0 spiro atoms. The first-order valence-electron chi connectivity index (χ1n) is 7.32. The van der Waals surface area contributed by atoms with Gasteiger partial charge in [-0.3, -0.25) is 5.43 Å². The Balaban J connectivity index is 1.79. The predicted molar refractivity (Wildman–Crippen MR) is 86.4 cm³/mol. The number of nitrogens with two attached hydrogens (primary N) is 1. The zero-order valence-electron chi connectivity index (χ0n) is 12.1. The Kier molecular flexibility index (Phi) is 4.23. The summed E-state index contributed by atoms with van der Waals surface area (Å²) < 4.78 is 0. The van der Waals surface area contributed by atoms with Crippen LogP contribution in [-0.2, 0) is 0 Å². The molecule has 1 aliphatic rings. The standard InChI is InChI=1S/C14H21N5OS/c1-8-5-11-12(17-14(19-15)18-13(11)21-8)16-7-9-3-2-4-10(20)6-9/h5,9-10,20H,2-4,6-7,15H2,1H3,(H2,16,17,18,19). The van der Waals surface area contributed by atoms with Crippen molar-refractivity contribution in [1.82, 2.24) is 9.97 Å². The van der Waals surface area contributed by atoms with Gasteiger partial charge in [0.2, 0.25) is 5.95 Å². The smallest absolute Gasteiger partial charge is 0.240 e. The van der Waals surface area contributed by atoms with Crippen molar-refractivity contribution >= 4 is 33.3 Å². The molecule has 0 saturated heterocycles. The second-order valence-electron chi connectivity index (χ2n) is 5.68. The lowest BCUT2D eigenvalue weighted by Gasteiger charge is -2.26. The monoisotopic (exact) mass is 307 g/mol. The average molecular weight is 307 g/mol. The fraction of sp³-hybridized carbons (Fsp3) is 0.571. The normalized spacial score (nSPS) is 22.4. The van der Waals surface area contributed by atoms with Crippen LogP contribution in [0.3, 0.4) is 0 Å². The van der Waals surface area contributed by atoms with Gasteiger partial charge in [-0.1, -0.05) is 6.42 Å². The molecule has 0 aromatic carbocycles. The number of nitrogens with zero attached hydrogens (tertiary/aromatic N) is 2. The van der Waals surface area contributed by atoms with E-state index in [-0.39, 0.29) is 6.10 Å². The van der Waals surface area contributed by atoms with Crippen molar-refractivity contribution < 1.29 is 5.11 Å². The molecule has 0 radical (unpaired) electrons. The van der Waals surface area contributed by atoms with Crippen molar-refractivity contribution in [1.29, 1.82) is 0 Å². The van der Waals surface area contributed by atoms with Gasteiger partial charge in [-0.15, -0.1) is 11.3 Å². The number of hydrogen-bond donors (Lipinski definition) is 4. The van der Waals surface area contributed by atoms with Crippen molar-refractivity contribution in [2.75, 3.05) is 17.3 Å². The Bertz CT molecular complexity index is 629. The van der Waals surface area contributed by atoms with Crippen LogP contribution in [0, 0.1) is 12.8 Å². The van der Waals surface area contributed by atoms with Crippen LogP contribution < -0.4 is 16.6 Å². The molecule has 7 heteroatoms. The number of thiophene rings is 1. The number of anilines is 2. The highest BCUT2D eigenvalue weighted by Gasteiger charge is 2.20. The molecule has 6 nitrogen and oxygen atoms in total. The van der Waals surface area contributed by atoms with Gasteiger partial charge < -0.3 is 10.4 Å². The van der Waals surface area contributed by atoms with Gasteiger partial charge in [-0.05, 0) is 38.2 Å². The largest absolute Gasteiger partial charge is 0.393 e. The minimum Gasteiger partial charge on any atom is -0.393 e. The lowest BCUT2D eigenvalue weighted by atomic mass is 9.87. The highest BCUT2D eigenvalue weighted by atomic mass is 32.1. The number of nitrogens with one attached hydrogen (secondary N) is 2. The first-order chi connectivity index (χ1) is 10.2. The molecule has 0 aliphatic heterocycles. The van der Waals surface area contributed by atoms with Crippen LogP contribution in [0.5, 0.6) is 0 Å². The average Bonchev–Trinajstić information content (AvgIpc) is 2.85. The van der Waals surface area contributed by atoms with Crippen molar-refractivity contribution in [3.8, 4) is 0 Å². The number of hydrazine groups is 1. The lowest BCUT2D eigenvalue weighted by Crippen LogP contribution is -2.25. The van der Waals surface area contributed by atoms with Gasteiger partial charge >= 0.3 is 0 Å². The highest BCUT2D eigenvalue weighted by Crippen LogP contribution is 2.30. The molecule has 1 saturated carbocycles. The second kappa shape index (κ2) is 6.13. The first kappa shape index (κ1) is 14.5. The van der Waals surface area contributed by atoms with Gasteiger partial charge in [0.1, 0.15) is 10.6 Å². The van der Waals surface area contributed by atoms with E-state index in [9.17, 15) is 5.11 Å². The number of aliphatic hydroxyl groups excluding tert-OH is 1. The number of rotatable bonds is 4. The summed E-state index contributed by atoms with van der Waals surface area (Å²) in [5.74, 6) is 7.18. The zero-order chi connectivity index (χ0) is 14.8. The fourth-order valence-electron chi connectivity index (χ4n) is 2.93. The zero-order valence-corrected chi connectivity index (χ0v) is 12.9. The summed E-state index contributed by atoms with van der Waals surface area (Å²) in [6.07, 6.45) is 3.90. The summed E-state index contributed by atoms with van der Waals surface area (Å²) in [7, 11) is 0. The third kappa shape index (κ3) is 3.25. The summed E-state index contributed by atoms with van der Waals surface area (Å²) in [4.78, 5) is 10.9. The van der Waals surface area contributed by atoms with Crippen LogP contribution >= 0.6 is 11.3 Å². The van der Waals surface area contributed by atoms with Crippen molar-refractivity contribution in [3.63, 3.8) is 0 Å². The van der Waals surface area contributed by atoms with Crippen LogP contribution in [0.25, 0.3) is 10.2 Å². The number of hydrogen-bond acceptors (Lipinski definition) is 7. The van der Waals surface area contributed by atoms with Gasteiger partial charge in [0.05, 0.1) is 11.5 Å². The van der Waals surface area contributed by atoms with E-state index >= 15 is 0 Å². The van der Waals surface area contributed by atoms with Crippen molar-refractivity contribution in [2.45, 2.75) is 38.7 Å². The quantitative estimate of drug-likeness (QED) is 0.511. The Hall–Kier alpha value is -1.44. The maximum atomic E-state index is 9.76. The highest BCUT2D eigenvalue weighted by molar-refractivity contribution is 7.18. The van der Waals surface area contributed by atoms with E-state index in [1.165, 1.54) is 4.88 Å². The minimum absolute atomic E-state index is 0.152. The molecule has 2 aromatic rings. The van der Waals surface area contributed by atoms with E-state index in [1.54, 1.807) is 11.3 Å². The molecule has 2 heterocycles. The summed E-state index contributed by atoms with van der Waals surface area (Å²) in [5, 5.41) is 14.2. The van der Waals surface area contributed by atoms with Crippen LogP contribution in [0.4, 0.5) is 11.8 Å². The van der Waals surface area contributed by atoms with Crippen LogP contribution in [0.1, 0.15) is 30.6 Å². The Morgan fingerprint density at radius 3 is 3.05 bits per heavy atom. The van der Waals surface area contributed by atoms with Gasteiger partial charge in [-0.2, -0.15) is 4.98 Å². The molecule has 2 atom stereocenters. The molecule has 2 aromatic heterocycles. The number of nitrogen functional groups attached to an aromatic ring is 1. The van der Waals surface area contributed by atoms with Crippen LogP contribution in [-0.4, -0.2) is 27.7 Å². The Morgan fingerprint density at radius 2 is 2.29 bits per heavy atom. The molecule has 5 N–H and O–H groups in total. The second-order valence-corrected chi connectivity index (χ2v) is 6.92. The lowest BCUT2D eigenvalue weighted by molar-refractivity contribution is 0.104. The topological polar surface area (TPSA) is 96.1 Å². The number of aromatic nitrogens is 2. The Labute approximate surface area is 127 Å². The van der Waals surface area contributed by atoms with E-state index in [2.05, 4.69) is 33.7 Å². The molecular weight excluding hydrogens is 286 g/mol. The molecule has 2 unspecified atom stereocenters. The number of fused-ring (bicyclic) bond motifs is 1. The SMILES string of the molecule is Cc1cc2c(NCC3CCCC(O)C3)nc(NN)nc2s1. The molecule has 0 bridgehead atoms. The van der Waals surface area contributed by atoms with Crippen LogP contribution in [0.2, 0.25) is 0 Å². The van der Waals surface area contributed by atoms with Crippen LogP contribution in [0.15, 0.2) is 6.07 Å². The molecule has 1 aliphatic carbocycles. The van der Waals surface area contributed by atoms with E-state index in [0.717, 1.165) is 48.3 Å². The number of aliphatic hydroxyl groups is 1. The van der Waals surface area contributed by atoms with Gasteiger partial charge in [0.25, 0.3) is 0 Å². The molecule has 21 heavy (non-hydrogen) atoms. The molecule has 3 rings (SSSR count). The van der Waals surface area contributed by atoms with Gasteiger partial charge in [0.15, 0.2) is 0 Å². The summed E-state index contributed by atoms with van der Waals surface area (Å²) in [6.45, 7) is 2.88.